The third-order valence-electron chi connectivity index (χ3n) is 2.64. The van der Waals surface area contributed by atoms with Crippen LogP contribution < -0.4 is 5.32 Å². The van der Waals surface area contributed by atoms with Gasteiger partial charge in [-0.1, -0.05) is 22.0 Å². The van der Waals surface area contributed by atoms with Gasteiger partial charge in [0.25, 0.3) is 5.91 Å². The molecular weight excluding hydrogens is 421 g/mol. The summed E-state index contributed by atoms with van der Waals surface area (Å²) in [6.07, 6.45) is 0. The number of halogens is 2. The van der Waals surface area contributed by atoms with Crippen LogP contribution in [0.25, 0.3) is 0 Å². The fourth-order valence-corrected chi connectivity index (χ4v) is 2.24. The Balaban J connectivity index is 2.20. The summed E-state index contributed by atoms with van der Waals surface area (Å²) in [5.41, 5.74) is 2.24. The van der Waals surface area contributed by atoms with Gasteiger partial charge in [-0.2, -0.15) is 0 Å². The second kappa shape index (κ2) is 5.92. The summed E-state index contributed by atoms with van der Waals surface area (Å²) >= 11 is 5.43. The van der Waals surface area contributed by atoms with Crippen LogP contribution in [0.15, 0.2) is 40.9 Å². The van der Waals surface area contributed by atoms with Crippen LogP contribution in [0.4, 0.5) is 5.69 Å². The largest absolute Gasteiger partial charge is 0.507 e. The van der Waals surface area contributed by atoms with Crippen molar-refractivity contribution in [2.45, 2.75) is 6.92 Å². The Morgan fingerprint density at radius 1 is 1.26 bits per heavy atom. The van der Waals surface area contributed by atoms with Crippen molar-refractivity contribution in [1.29, 1.82) is 0 Å². The zero-order valence-corrected chi connectivity index (χ0v) is 13.8. The number of aromatic hydroxyl groups is 1. The maximum Gasteiger partial charge on any atom is 0.255 e. The van der Waals surface area contributed by atoms with Gasteiger partial charge in [0.05, 0.1) is 3.57 Å². The van der Waals surface area contributed by atoms with Gasteiger partial charge in [0, 0.05) is 15.7 Å². The van der Waals surface area contributed by atoms with E-state index in [1.54, 1.807) is 12.1 Å². The number of hydrogen-bond acceptors (Lipinski definition) is 2. The highest BCUT2D eigenvalue weighted by atomic mass is 127. The minimum Gasteiger partial charge on any atom is -0.507 e. The molecule has 2 N–H and O–H groups in total. The smallest absolute Gasteiger partial charge is 0.255 e. The predicted octanol–water partition coefficient (Wildman–Crippen LogP) is 4.32. The van der Waals surface area contributed by atoms with E-state index in [1.165, 1.54) is 6.07 Å². The van der Waals surface area contributed by atoms with Crippen LogP contribution in [-0.4, -0.2) is 11.0 Å². The molecule has 0 aromatic heterocycles. The Kier molecular flexibility index (Phi) is 4.46. The molecule has 2 rings (SSSR count). The Labute approximate surface area is 133 Å². The summed E-state index contributed by atoms with van der Waals surface area (Å²) in [5.74, 6) is -0.138. The SMILES string of the molecule is Cc1ccc(NC(=O)c2ccc(I)c(O)c2)cc1Br. The number of phenols is 1. The first-order valence-corrected chi connectivity index (χ1v) is 7.40. The van der Waals surface area contributed by atoms with E-state index in [9.17, 15) is 9.90 Å². The highest BCUT2D eigenvalue weighted by Crippen LogP contribution is 2.23. The number of nitrogens with one attached hydrogen (secondary N) is 1. The number of anilines is 1. The monoisotopic (exact) mass is 431 g/mol. The number of hydrogen-bond donors (Lipinski definition) is 2. The predicted molar refractivity (Wildman–Crippen MR) is 87.7 cm³/mol. The van der Waals surface area contributed by atoms with E-state index in [-0.39, 0.29) is 11.7 Å². The molecule has 3 nitrogen and oxygen atoms in total. The lowest BCUT2D eigenvalue weighted by Crippen LogP contribution is -2.11. The van der Waals surface area contributed by atoms with Gasteiger partial charge in [-0.05, 0) is 65.4 Å². The number of aryl methyl sites for hydroxylation is 1. The molecule has 0 atom stereocenters. The van der Waals surface area contributed by atoms with Crippen LogP contribution in [0.2, 0.25) is 0 Å². The molecule has 0 saturated carbocycles. The van der Waals surface area contributed by atoms with E-state index >= 15 is 0 Å². The normalized spacial score (nSPS) is 10.3. The molecule has 2 aromatic rings. The van der Waals surface area contributed by atoms with Gasteiger partial charge >= 0.3 is 0 Å². The van der Waals surface area contributed by atoms with Crippen molar-refractivity contribution in [2.75, 3.05) is 5.32 Å². The van der Waals surface area contributed by atoms with Crippen LogP contribution >= 0.6 is 38.5 Å². The molecular formula is C14H11BrINO2. The van der Waals surface area contributed by atoms with E-state index in [4.69, 9.17) is 0 Å². The summed E-state index contributed by atoms with van der Waals surface area (Å²) in [5, 5.41) is 12.4. The molecule has 2 aromatic carbocycles. The van der Waals surface area contributed by atoms with E-state index in [1.807, 2.05) is 47.7 Å². The molecule has 0 spiro atoms. The number of amides is 1. The molecule has 0 aliphatic carbocycles. The zero-order valence-electron chi connectivity index (χ0n) is 10.1. The third kappa shape index (κ3) is 3.48. The van der Waals surface area contributed by atoms with Gasteiger partial charge in [0.1, 0.15) is 5.75 Å². The van der Waals surface area contributed by atoms with Crippen LogP contribution in [0, 0.1) is 10.5 Å². The first-order valence-electron chi connectivity index (χ1n) is 5.53. The molecule has 0 bridgehead atoms. The minimum absolute atomic E-state index is 0.110. The van der Waals surface area contributed by atoms with Gasteiger partial charge in [-0.3, -0.25) is 4.79 Å². The topological polar surface area (TPSA) is 49.3 Å². The standard InChI is InChI=1S/C14H11BrINO2/c1-8-2-4-10(7-11(8)15)17-14(19)9-3-5-12(16)13(18)6-9/h2-7,18H,1H3,(H,17,19). The van der Waals surface area contributed by atoms with Crippen molar-refractivity contribution in [3.63, 3.8) is 0 Å². The van der Waals surface area contributed by atoms with Gasteiger partial charge in [0.15, 0.2) is 0 Å². The van der Waals surface area contributed by atoms with Gasteiger partial charge in [-0.25, -0.2) is 0 Å². The van der Waals surface area contributed by atoms with Crippen molar-refractivity contribution in [2.24, 2.45) is 0 Å². The average Bonchev–Trinajstić information content (AvgIpc) is 2.37. The lowest BCUT2D eigenvalue weighted by atomic mass is 10.2. The Bertz CT molecular complexity index is 643. The second-order valence-electron chi connectivity index (χ2n) is 4.08. The first kappa shape index (κ1) is 14.3. The quantitative estimate of drug-likeness (QED) is 0.695. The first-order chi connectivity index (χ1) is 8.97. The van der Waals surface area contributed by atoms with Crippen molar-refractivity contribution in [1.82, 2.24) is 0 Å². The molecule has 0 saturated heterocycles. The molecule has 0 aliphatic rings. The molecule has 0 unspecified atom stereocenters. The maximum absolute atomic E-state index is 12.0. The Hall–Kier alpha value is -1.08. The fraction of sp³-hybridized carbons (Fsp3) is 0.0714. The summed E-state index contributed by atoms with van der Waals surface area (Å²) < 4.78 is 1.66. The van der Waals surface area contributed by atoms with E-state index in [0.717, 1.165) is 10.0 Å². The second-order valence-corrected chi connectivity index (χ2v) is 6.10. The van der Waals surface area contributed by atoms with Crippen molar-refractivity contribution in [3.05, 3.63) is 55.6 Å². The summed E-state index contributed by atoms with van der Waals surface area (Å²) in [7, 11) is 0. The Morgan fingerprint density at radius 3 is 2.63 bits per heavy atom. The Morgan fingerprint density at radius 2 is 2.00 bits per heavy atom. The molecule has 19 heavy (non-hydrogen) atoms. The lowest BCUT2D eigenvalue weighted by Gasteiger charge is -2.07. The molecule has 98 valence electrons. The summed E-state index contributed by atoms with van der Waals surface area (Å²) in [6, 6.07) is 10.5. The lowest BCUT2D eigenvalue weighted by molar-refractivity contribution is 0.102. The van der Waals surface area contributed by atoms with Crippen LogP contribution in [0.1, 0.15) is 15.9 Å². The zero-order chi connectivity index (χ0) is 14.0. The van der Waals surface area contributed by atoms with Crippen LogP contribution in [0.5, 0.6) is 5.75 Å². The van der Waals surface area contributed by atoms with Crippen LogP contribution in [0.3, 0.4) is 0 Å². The summed E-state index contributed by atoms with van der Waals surface area (Å²) in [4.78, 5) is 12.0. The highest BCUT2D eigenvalue weighted by molar-refractivity contribution is 14.1. The van der Waals surface area contributed by atoms with Gasteiger partial charge < -0.3 is 10.4 Å². The number of benzene rings is 2. The van der Waals surface area contributed by atoms with Crippen molar-refractivity contribution in [3.8, 4) is 5.75 Å². The minimum atomic E-state index is -0.248. The number of phenolic OH excluding ortho intramolecular Hbond substituents is 1. The van der Waals surface area contributed by atoms with Crippen molar-refractivity contribution < 1.29 is 9.90 Å². The van der Waals surface area contributed by atoms with Gasteiger partial charge in [-0.15, -0.1) is 0 Å². The van der Waals surface area contributed by atoms with Crippen molar-refractivity contribution >= 4 is 50.1 Å². The van der Waals surface area contributed by atoms with Gasteiger partial charge in [0.2, 0.25) is 0 Å². The molecule has 0 aliphatic heterocycles. The number of carbonyl (C=O) groups is 1. The molecule has 0 heterocycles. The highest BCUT2D eigenvalue weighted by Gasteiger charge is 2.09. The number of carbonyl (C=O) groups excluding carboxylic acids is 1. The average molecular weight is 432 g/mol. The maximum atomic E-state index is 12.0. The van der Waals surface area contributed by atoms with Crippen LogP contribution in [-0.2, 0) is 0 Å². The third-order valence-corrected chi connectivity index (χ3v) is 4.40. The molecule has 1 amide bonds. The molecule has 0 radical (unpaired) electrons. The molecule has 5 heteroatoms. The summed E-state index contributed by atoms with van der Waals surface area (Å²) in [6.45, 7) is 1.98. The van der Waals surface area contributed by atoms with E-state index in [2.05, 4.69) is 21.2 Å². The van der Waals surface area contributed by atoms with E-state index in [0.29, 0.717) is 14.8 Å². The van der Waals surface area contributed by atoms with E-state index < -0.39 is 0 Å². The molecule has 0 fully saturated rings. The fourth-order valence-electron chi connectivity index (χ4n) is 1.53. The number of rotatable bonds is 2.